The summed E-state index contributed by atoms with van der Waals surface area (Å²) in [5.41, 5.74) is -0.444. The predicted molar refractivity (Wildman–Crippen MR) is 93.4 cm³/mol. The van der Waals surface area contributed by atoms with Gasteiger partial charge < -0.3 is 14.7 Å². The molecule has 0 radical (unpaired) electrons. The Morgan fingerprint density at radius 3 is 2.15 bits per heavy atom. The van der Waals surface area contributed by atoms with Crippen LogP contribution in [0.25, 0.3) is 0 Å². The van der Waals surface area contributed by atoms with Crippen LogP contribution in [0.3, 0.4) is 0 Å². The van der Waals surface area contributed by atoms with Crippen LogP contribution >= 0.6 is 12.4 Å². The molecular weight excluding hydrogens is 370 g/mol. The van der Waals surface area contributed by atoms with Crippen molar-refractivity contribution < 1.29 is 28.2 Å². The second-order valence-corrected chi connectivity index (χ2v) is 6.92. The summed E-state index contributed by atoms with van der Waals surface area (Å²) in [5.74, 6) is -3.27. The van der Waals surface area contributed by atoms with Gasteiger partial charge in [-0.15, -0.1) is 12.4 Å². The van der Waals surface area contributed by atoms with Gasteiger partial charge in [0, 0.05) is 26.2 Å². The molecule has 26 heavy (non-hydrogen) atoms. The Morgan fingerprint density at radius 2 is 1.69 bits per heavy atom. The molecule has 1 fully saturated rings. The highest BCUT2D eigenvalue weighted by molar-refractivity contribution is 5.85. The van der Waals surface area contributed by atoms with Crippen molar-refractivity contribution in [2.75, 3.05) is 26.2 Å². The zero-order valence-electron chi connectivity index (χ0n) is 14.9. The van der Waals surface area contributed by atoms with E-state index in [2.05, 4.69) is 0 Å². The van der Waals surface area contributed by atoms with Crippen molar-refractivity contribution >= 4 is 24.5 Å². The van der Waals surface area contributed by atoms with Crippen LogP contribution in [0.1, 0.15) is 32.4 Å². The molecule has 0 saturated carbocycles. The van der Waals surface area contributed by atoms with Gasteiger partial charge in [0.15, 0.2) is 11.6 Å². The van der Waals surface area contributed by atoms with Gasteiger partial charge in [-0.05, 0) is 38.5 Å². The number of carboxylic acid groups (broad SMARTS) is 1. The molecule has 1 amide bonds. The molecule has 6 nitrogen and oxygen atoms in total. The van der Waals surface area contributed by atoms with E-state index in [-0.39, 0.29) is 31.1 Å². The Hall–Kier alpha value is -1.93. The first-order chi connectivity index (χ1) is 11.6. The Bertz CT molecular complexity index is 659. The van der Waals surface area contributed by atoms with E-state index in [9.17, 15) is 23.5 Å². The summed E-state index contributed by atoms with van der Waals surface area (Å²) in [6.07, 6.45) is -0.452. The Balaban J connectivity index is 0.00000338. The minimum Gasteiger partial charge on any atom is -0.480 e. The SMILES string of the molecule is CC(C)(C)OC(=O)N1CCN(C(C(=O)O)c2ccc(F)c(F)c2)CC1.Cl. The summed E-state index contributed by atoms with van der Waals surface area (Å²) in [5, 5.41) is 9.50. The standard InChI is InChI=1S/C17H22F2N2O4.ClH/c1-17(2,3)25-16(24)21-8-6-20(7-9-21)14(15(22)23)11-4-5-12(18)13(19)10-11;/h4-5,10,14H,6-9H2,1-3H3,(H,22,23);1H. The van der Waals surface area contributed by atoms with E-state index in [1.165, 1.54) is 11.0 Å². The molecule has 1 unspecified atom stereocenters. The zero-order chi connectivity index (χ0) is 18.8. The second kappa shape index (κ2) is 8.64. The van der Waals surface area contributed by atoms with E-state index < -0.39 is 35.3 Å². The number of rotatable bonds is 3. The Labute approximate surface area is 157 Å². The smallest absolute Gasteiger partial charge is 0.410 e. The summed E-state index contributed by atoms with van der Waals surface area (Å²) in [4.78, 5) is 26.8. The average molecular weight is 393 g/mol. The van der Waals surface area contributed by atoms with Crippen molar-refractivity contribution in [1.29, 1.82) is 0 Å². The Morgan fingerprint density at radius 1 is 1.12 bits per heavy atom. The average Bonchev–Trinajstić information content (AvgIpc) is 2.49. The molecule has 146 valence electrons. The van der Waals surface area contributed by atoms with Crippen LogP contribution in [0.5, 0.6) is 0 Å². The molecule has 1 atom stereocenters. The van der Waals surface area contributed by atoms with E-state index >= 15 is 0 Å². The second-order valence-electron chi connectivity index (χ2n) is 6.92. The summed E-state index contributed by atoms with van der Waals surface area (Å²) in [6.45, 7) is 6.47. The molecule has 1 N–H and O–H groups in total. The van der Waals surface area contributed by atoms with Crippen LogP contribution in [0.2, 0.25) is 0 Å². The van der Waals surface area contributed by atoms with E-state index in [0.717, 1.165) is 12.1 Å². The third-order valence-corrected chi connectivity index (χ3v) is 3.82. The molecule has 1 aliphatic rings. The number of benzene rings is 1. The molecule has 9 heteroatoms. The van der Waals surface area contributed by atoms with E-state index in [1.807, 2.05) is 0 Å². The molecule has 0 spiro atoms. The van der Waals surface area contributed by atoms with Gasteiger partial charge in [0.2, 0.25) is 0 Å². The lowest BCUT2D eigenvalue weighted by molar-refractivity contribution is -0.144. The van der Waals surface area contributed by atoms with Gasteiger partial charge in [-0.3, -0.25) is 9.69 Å². The highest BCUT2D eigenvalue weighted by Gasteiger charge is 2.33. The van der Waals surface area contributed by atoms with Gasteiger partial charge in [0.05, 0.1) is 0 Å². The fourth-order valence-corrected chi connectivity index (χ4v) is 2.68. The number of hydrogen-bond donors (Lipinski definition) is 1. The fraction of sp³-hybridized carbons (Fsp3) is 0.529. The number of nitrogens with zero attached hydrogens (tertiary/aromatic N) is 2. The normalized spacial score (nSPS) is 16.6. The first-order valence-corrected chi connectivity index (χ1v) is 7.98. The molecule has 0 bridgehead atoms. The number of halogens is 3. The number of amides is 1. The van der Waals surface area contributed by atoms with Crippen LogP contribution in [-0.4, -0.2) is 58.7 Å². The van der Waals surface area contributed by atoms with Crippen molar-refractivity contribution in [1.82, 2.24) is 9.80 Å². The number of carbonyl (C=O) groups excluding carboxylic acids is 1. The van der Waals surface area contributed by atoms with E-state index in [4.69, 9.17) is 4.74 Å². The van der Waals surface area contributed by atoms with Crippen molar-refractivity contribution in [3.05, 3.63) is 35.4 Å². The van der Waals surface area contributed by atoms with Gasteiger partial charge in [-0.1, -0.05) is 6.07 Å². The molecular formula is C17H23ClF2N2O4. The molecule has 1 saturated heterocycles. The largest absolute Gasteiger partial charge is 0.480 e. The number of carboxylic acids is 1. The van der Waals surface area contributed by atoms with Gasteiger partial charge in [-0.2, -0.15) is 0 Å². The van der Waals surface area contributed by atoms with E-state index in [1.54, 1.807) is 25.7 Å². The van der Waals surface area contributed by atoms with Crippen molar-refractivity contribution in [3.8, 4) is 0 Å². The molecule has 2 rings (SSSR count). The third kappa shape index (κ3) is 5.54. The number of piperazine rings is 1. The predicted octanol–water partition coefficient (Wildman–Crippen LogP) is 3.07. The molecule has 1 aromatic carbocycles. The van der Waals surface area contributed by atoms with Crippen LogP contribution in [0.15, 0.2) is 18.2 Å². The summed E-state index contributed by atoms with van der Waals surface area (Å²) >= 11 is 0. The van der Waals surface area contributed by atoms with Gasteiger partial charge in [-0.25, -0.2) is 13.6 Å². The fourth-order valence-electron chi connectivity index (χ4n) is 2.68. The number of aliphatic carboxylic acids is 1. The van der Waals surface area contributed by atoms with Gasteiger partial charge in [0.25, 0.3) is 0 Å². The van der Waals surface area contributed by atoms with Crippen LogP contribution in [-0.2, 0) is 9.53 Å². The lowest BCUT2D eigenvalue weighted by atomic mass is 10.0. The quantitative estimate of drug-likeness (QED) is 0.856. The molecule has 1 aliphatic heterocycles. The minimum absolute atomic E-state index is 0. The number of hydrogen-bond acceptors (Lipinski definition) is 4. The minimum atomic E-state index is -1.16. The number of ether oxygens (including phenoxy) is 1. The number of carbonyl (C=O) groups is 2. The summed E-state index contributed by atoms with van der Waals surface area (Å²) in [6, 6.07) is 1.97. The maximum atomic E-state index is 13.4. The first kappa shape index (κ1) is 22.1. The molecule has 0 aromatic heterocycles. The maximum absolute atomic E-state index is 13.4. The van der Waals surface area contributed by atoms with Crippen LogP contribution < -0.4 is 0 Å². The van der Waals surface area contributed by atoms with Gasteiger partial charge in [0.1, 0.15) is 11.6 Å². The monoisotopic (exact) mass is 392 g/mol. The highest BCUT2D eigenvalue weighted by Crippen LogP contribution is 2.24. The van der Waals surface area contributed by atoms with Crippen LogP contribution in [0.4, 0.5) is 13.6 Å². The Kier molecular flexibility index (Phi) is 7.35. The molecule has 1 aromatic rings. The maximum Gasteiger partial charge on any atom is 0.410 e. The van der Waals surface area contributed by atoms with Gasteiger partial charge >= 0.3 is 12.1 Å². The first-order valence-electron chi connectivity index (χ1n) is 7.98. The molecule has 1 heterocycles. The highest BCUT2D eigenvalue weighted by atomic mass is 35.5. The molecule has 0 aliphatic carbocycles. The topological polar surface area (TPSA) is 70.1 Å². The van der Waals surface area contributed by atoms with Crippen molar-refractivity contribution in [2.24, 2.45) is 0 Å². The summed E-state index contributed by atoms with van der Waals surface area (Å²) < 4.78 is 31.8. The lowest BCUT2D eigenvalue weighted by Crippen LogP contribution is -2.52. The third-order valence-electron chi connectivity index (χ3n) is 3.82. The van der Waals surface area contributed by atoms with E-state index in [0.29, 0.717) is 13.1 Å². The lowest BCUT2D eigenvalue weighted by Gasteiger charge is -2.38. The van der Waals surface area contributed by atoms with Crippen molar-refractivity contribution in [3.63, 3.8) is 0 Å². The zero-order valence-corrected chi connectivity index (χ0v) is 15.7. The van der Waals surface area contributed by atoms with Crippen LogP contribution in [0, 0.1) is 11.6 Å². The summed E-state index contributed by atoms with van der Waals surface area (Å²) in [7, 11) is 0. The van der Waals surface area contributed by atoms with Crippen molar-refractivity contribution in [2.45, 2.75) is 32.4 Å².